The van der Waals surface area contributed by atoms with Crippen molar-refractivity contribution < 1.29 is 14.3 Å². The number of anilines is 1. The van der Waals surface area contributed by atoms with Crippen LogP contribution in [0.3, 0.4) is 0 Å². The fraction of sp³-hybridized carbons (Fsp3) is 0.432. The van der Waals surface area contributed by atoms with Gasteiger partial charge < -0.3 is 18.9 Å². The molecule has 1 aromatic heterocycles. The third-order valence-electron chi connectivity index (χ3n) is 8.86. The zero-order chi connectivity index (χ0) is 29.7. The van der Waals surface area contributed by atoms with Gasteiger partial charge in [-0.15, -0.1) is 0 Å². The lowest BCUT2D eigenvalue weighted by molar-refractivity contribution is 0.0246. The van der Waals surface area contributed by atoms with Crippen molar-refractivity contribution in [3.05, 3.63) is 94.7 Å². The van der Waals surface area contributed by atoms with E-state index in [0.29, 0.717) is 12.2 Å². The van der Waals surface area contributed by atoms with Crippen molar-refractivity contribution in [3.8, 4) is 5.75 Å². The van der Waals surface area contributed by atoms with Crippen LogP contribution in [0.4, 0.5) is 5.69 Å². The molecule has 0 N–H and O–H groups in total. The smallest absolute Gasteiger partial charge is 0.340 e. The molecule has 0 spiro atoms. The zero-order valence-electron chi connectivity index (χ0n) is 26.0. The molecule has 42 heavy (non-hydrogen) atoms. The Bertz CT molecular complexity index is 1530. The van der Waals surface area contributed by atoms with Gasteiger partial charge in [-0.3, -0.25) is 0 Å². The lowest BCUT2D eigenvalue weighted by Crippen LogP contribution is -2.31. The van der Waals surface area contributed by atoms with Crippen LogP contribution in [0.5, 0.6) is 5.75 Å². The van der Waals surface area contributed by atoms with Gasteiger partial charge in [0.1, 0.15) is 5.75 Å². The number of fused-ring (bicyclic) bond motifs is 2. The van der Waals surface area contributed by atoms with Gasteiger partial charge in [-0.2, -0.15) is 0 Å². The van der Waals surface area contributed by atoms with E-state index in [0.717, 1.165) is 65.3 Å². The molecule has 1 aliphatic heterocycles. The Kier molecular flexibility index (Phi) is 9.25. The minimum atomic E-state index is -1.13. The van der Waals surface area contributed by atoms with Gasteiger partial charge in [0.05, 0.1) is 12.2 Å². The Morgan fingerprint density at radius 2 is 1.55 bits per heavy atom. The monoisotopic (exact) mass is 566 g/mol. The largest absolute Gasteiger partial charge is 0.493 e. The molecule has 1 unspecified atom stereocenters. The number of para-hydroxylation sites is 1. The van der Waals surface area contributed by atoms with Crippen LogP contribution >= 0.6 is 0 Å². The van der Waals surface area contributed by atoms with Gasteiger partial charge in [0, 0.05) is 64.7 Å². The molecular weight excluding hydrogens is 520 g/mol. The van der Waals surface area contributed by atoms with Gasteiger partial charge >= 0.3 is 5.97 Å². The van der Waals surface area contributed by atoms with E-state index in [1.807, 2.05) is 31.2 Å². The second-order valence-corrected chi connectivity index (χ2v) is 11.3. The first-order valence-corrected chi connectivity index (χ1v) is 15.9. The Hall–Kier alpha value is -3.73. The number of carbonyl (C=O) groups is 1. The number of hydrogen-bond donors (Lipinski definition) is 0. The summed E-state index contributed by atoms with van der Waals surface area (Å²) >= 11 is 0. The summed E-state index contributed by atoms with van der Waals surface area (Å²) in [7, 11) is 0. The number of aromatic nitrogens is 1. The van der Waals surface area contributed by atoms with Crippen molar-refractivity contribution in [2.45, 2.75) is 85.3 Å². The van der Waals surface area contributed by atoms with Crippen LogP contribution in [0.1, 0.15) is 99.0 Å². The van der Waals surface area contributed by atoms with E-state index in [9.17, 15) is 4.79 Å². The Labute approximate surface area is 251 Å². The van der Waals surface area contributed by atoms with E-state index >= 15 is 0 Å². The maximum absolute atomic E-state index is 13.6. The summed E-state index contributed by atoms with van der Waals surface area (Å²) in [4.78, 5) is 15.9. The van der Waals surface area contributed by atoms with Crippen LogP contribution < -0.4 is 9.64 Å². The molecule has 222 valence electrons. The molecule has 5 heteroatoms. The predicted octanol–water partition coefficient (Wildman–Crippen LogP) is 9.02. The number of rotatable bonds is 14. The Balaban J connectivity index is 1.73. The summed E-state index contributed by atoms with van der Waals surface area (Å²) in [5, 5.41) is 1.11. The number of ether oxygens (including phenoxy) is 2. The maximum atomic E-state index is 13.6. The van der Waals surface area contributed by atoms with Gasteiger partial charge in [0.15, 0.2) is 5.60 Å². The number of nitrogens with zero attached hydrogens (tertiary/aromatic N) is 2. The van der Waals surface area contributed by atoms with E-state index in [-0.39, 0.29) is 5.97 Å². The van der Waals surface area contributed by atoms with Crippen LogP contribution in [-0.2, 0) is 16.9 Å². The van der Waals surface area contributed by atoms with Gasteiger partial charge in [0.25, 0.3) is 0 Å². The van der Waals surface area contributed by atoms with Gasteiger partial charge in [-0.1, -0.05) is 75.4 Å². The Morgan fingerprint density at radius 3 is 2.31 bits per heavy atom. The molecule has 1 aliphatic rings. The third-order valence-corrected chi connectivity index (χ3v) is 8.86. The summed E-state index contributed by atoms with van der Waals surface area (Å²) in [6.45, 7) is 14.0. The summed E-state index contributed by atoms with van der Waals surface area (Å²) in [5.41, 5.74) is 5.65. The van der Waals surface area contributed by atoms with Crippen LogP contribution in [0.15, 0.2) is 66.7 Å². The second-order valence-electron chi connectivity index (χ2n) is 11.3. The zero-order valence-corrected chi connectivity index (χ0v) is 26.0. The summed E-state index contributed by atoms with van der Waals surface area (Å²) < 4.78 is 15.5. The Morgan fingerprint density at radius 1 is 0.833 bits per heavy atom. The van der Waals surface area contributed by atoms with Crippen molar-refractivity contribution in [1.29, 1.82) is 0 Å². The van der Waals surface area contributed by atoms with Crippen LogP contribution in [0, 0.1) is 6.92 Å². The molecule has 5 nitrogen and oxygen atoms in total. The summed E-state index contributed by atoms with van der Waals surface area (Å²) in [6.07, 6.45) is 7.46. The highest BCUT2D eigenvalue weighted by molar-refractivity contribution is 5.99. The number of hydrogen-bond acceptors (Lipinski definition) is 4. The number of aryl methyl sites for hydroxylation is 1. The lowest BCUT2D eigenvalue weighted by atomic mass is 9.78. The minimum absolute atomic E-state index is 0.298. The molecule has 4 aromatic rings. The van der Waals surface area contributed by atoms with Crippen molar-refractivity contribution in [1.82, 2.24) is 4.57 Å². The molecule has 0 amide bonds. The van der Waals surface area contributed by atoms with E-state index in [4.69, 9.17) is 9.47 Å². The van der Waals surface area contributed by atoms with E-state index < -0.39 is 5.60 Å². The standard InChI is InChI=1S/C37H46N2O3/c1-6-10-11-12-13-18-25-39-27(5)35(30-20-15-17-22-33(30)39)37(31-21-16-14-19-29(31)36(40)42-37)32-24-23-28(38(7-2)8-3)26-34(32)41-9-4/h14-17,19-24,26H,6-13,18,25H2,1-5H3. The SMILES string of the molecule is CCCCCCCCn1c(C)c(C2(c3ccc(N(CC)CC)cc3OCC)OC(=O)c3ccccc32)c2ccccc21. The van der Waals surface area contributed by atoms with Gasteiger partial charge in [-0.05, 0) is 58.4 Å². The lowest BCUT2D eigenvalue weighted by Gasteiger charge is -2.33. The first-order chi connectivity index (χ1) is 20.5. The van der Waals surface area contributed by atoms with E-state index in [2.05, 4.69) is 79.6 Å². The molecule has 5 rings (SSSR count). The number of benzene rings is 3. The van der Waals surface area contributed by atoms with Gasteiger partial charge in [0.2, 0.25) is 0 Å². The van der Waals surface area contributed by atoms with Gasteiger partial charge in [-0.25, -0.2) is 4.79 Å². The molecule has 0 saturated carbocycles. The number of carbonyl (C=O) groups excluding carboxylic acids is 1. The second kappa shape index (κ2) is 13.1. The van der Waals surface area contributed by atoms with E-state index in [1.54, 1.807) is 0 Å². The molecule has 0 aliphatic carbocycles. The number of esters is 1. The summed E-state index contributed by atoms with van der Waals surface area (Å²) in [5.74, 6) is 0.451. The number of unbranched alkanes of at least 4 members (excludes halogenated alkanes) is 5. The fourth-order valence-electron chi connectivity index (χ4n) is 6.81. The first-order valence-electron chi connectivity index (χ1n) is 15.9. The fourth-order valence-corrected chi connectivity index (χ4v) is 6.81. The van der Waals surface area contributed by atoms with Crippen molar-refractivity contribution >= 4 is 22.6 Å². The van der Waals surface area contributed by atoms with Crippen LogP contribution in [-0.4, -0.2) is 30.2 Å². The molecule has 2 heterocycles. The highest BCUT2D eigenvalue weighted by Gasteiger charge is 2.52. The quantitative estimate of drug-likeness (QED) is 0.113. The molecular formula is C37H46N2O3. The maximum Gasteiger partial charge on any atom is 0.340 e. The minimum Gasteiger partial charge on any atom is -0.493 e. The average molecular weight is 567 g/mol. The third kappa shape index (κ3) is 5.19. The predicted molar refractivity (Wildman–Crippen MR) is 173 cm³/mol. The first kappa shape index (κ1) is 29.8. The molecule has 0 saturated heterocycles. The molecule has 3 aromatic carbocycles. The summed E-state index contributed by atoms with van der Waals surface area (Å²) in [6, 6.07) is 22.8. The van der Waals surface area contributed by atoms with Crippen LogP contribution in [0.2, 0.25) is 0 Å². The van der Waals surface area contributed by atoms with Crippen molar-refractivity contribution in [3.63, 3.8) is 0 Å². The topological polar surface area (TPSA) is 43.7 Å². The highest BCUT2D eigenvalue weighted by Crippen LogP contribution is 2.53. The molecule has 0 bridgehead atoms. The van der Waals surface area contributed by atoms with Crippen molar-refractivity contribution in [2.24, 2.45) is 0 Å². The average Bonchev–Trinajstić information content (AvgIpc) is 3.46. The van der Waals surface area contributed by atoms with E-state index in [1.165, 1.54) is 37.6 Å². The highest BCUT2D eigenvalue weighted by atomic mass is 16.6. The van der Waals surface area contributed by atoms with Crippen molar-refractivity contribution in [2.75, 3.05) is 24.6 Å². The molecule has 1 atom stereocenters. The molecule has 0 fully saturated rings. The normalized spacial score (nSPS) is 16.1. The number of cyclic esters (lactones) is 1. The molecule has 0 radical (unpaired) electrons. The van der Waals surface area contributed by atoms with Crippen LogP contribution in [0.25, 0.3) is 10.9 Å².